The van der Waals surface area contributed by atoms with Crippen molar-refractivity contribution in [3.63, 3.8) is 0 Å². The molecule has 2 rings (SSSR count). The van der Waals surface area contributed by atoms with E-state index in [0.29, 0.717) is 22.2 Å². The van der Waals surface area contributed by atoms with Crippen LogP contribution in [0.1, 0.15) is 0 Å². The Morgan fingerprint density at radius 3 is 2.48 bits per heavy atom. The first-order valence-electron chi connectivity index (χ1n) is 6.62. The lowest BCUT2D eigenvalue weighted by Gasteiger charge is -2.10. The monoisotopic (exact) mass is 359 g/mol. The highest BCUT2D eigenvalue weighted by atomic mass is 35.5. The van der Waals surface area contributed by atoms with Crippen LogP contribution in [0.4, 0.5) is 10.1 Å². The summed E-state index contributed by atoms with van der Waals surface area (Å²) < 4.78 is 49.4. The van der Waals surface area contributed by atoms with E-state index in [1.165, 1.54) is 37.4 Å². The van der Waals surface area contributed by atoms with Crippen molar-refractivity contribution in [1.29, 1.82) is 0 Å². The first-order valence-corrected chi connectivity index (χ1v) is 8.65. The summed E-state index contributed by atoms with van der Waals surface area (Å²) in [6, 6.07) is 9.90. The molecule has 8 heteroatoms. The number of hydrogen-bond donors (Lipinski definition) is 1. The fourth-order valence-corrected chi connectivity index (χ4v) is 2.91. The SMILES string of the molecule is COc1ccc(NS(=O)(=O)CCOc2ccc(F)cc2)cc1Cl. The molecular formula is C15H15ClFNO4S. The quantitative estimate of drug-likeness (QED) is 0.823. The summed E-state index contributed by atoms with van der Waals surface area (Å²) in [5.74, 6) is 0.208. The van der Waals surface area contributed by atoms with Gasteiger partial charge in [-0.1, -0.05) is 11.6 Å². The van der Waals surface area contributed by atoms with E-state index in [9.17, 15) is 12.8 Å². The number of halogens is 2. The number of sulfonamides is 1. The van der Waals surface area contributed by atoms with Crippen LogP contribution in [0.25, 0.3) is 0 Å². The smallest absolute Gasteiger partial charge is 0.236 e. The molecule has 5 nitrogen and oxygen atoms in total. The highest BCUT2D eigenvalue weighted by Crippen LogP contribution is 2.27. The van der Waals surface area contributed by atoms with Crippen LogP contribution in [0.2, 0.25) is 5.02 Å². The van der Waals surface area contributed by atoms with Gasteiger partial charge in [-0.25, -0.2) is 12.8 Å². The number of nitrogens with one attached hydrogen (secondary N) is 1. The van der Waals surface area contributed by atoms with E-state index in [1.807, 2.05) is 0 Å². The predicted molar refractivity (Wildman–Crippen MR) is 87.3 cm³/mol. The van der Waals surface area contributed by atoms with E-state index in [2.05, 4.69) is 4.72 Å². The Balaban J connectivity index is 1.91. The zero-order valence-corrected chi connectivity index (χ0v) is 13.8. The van der Waals surface area contributed by atoms with Crippen molar-refractivity contribution in [2.24, 2.45) is 0 Å². The van der Waals surface area contributed by atoms with Crippen LogP contribution in [-0.2, 0) is 10.0 Å². The molecule has 1 N–H and O–H groups in total. The fourth-order valence-electron chi connectivity index (χ4n) is 1.76. The third-order valence-corrected chi connectivity index (χ3v) is 4.41. The number of rotatable bonds is 7. The zero-order chi connectivity index (χ0) is 16.9. The number of hydrogen-bond acceptors (Lipinski definition) is 4. The normalized spacial score (nSPS) is 11.1. The Morgan fingerprint density at radius 1 is 1.17 bits per heavy atom. The van der Waals surface area contributed by atoms with Gasteiger partial charge in [-0.3, -0.25) is 4.72 Å². The molecule has 0 saturated carbocycles. The number of methoxy groups -OCH3 is 1. The van der Waals surface area contributed by atoms with E-state index in [-0.39, 0.29) is 18.2 Å². The maximum Gasteiger partial charge on any atom is 0.236 e. The second-order valence-electron chi connectivity index (χ2n) is 4.57. The summed E-state index contributed by atoms with van der Waals surface area (Å²) in [7, 11) is -2.13. The summed E-state index contributed by atoms with van der Waals surface area (Å²) in [5, 5.41) is 0.301. The van der Waals surface area contributed by atoms with Gasteiger partial charge in [-0.15, -0.1) is 0 Å². The third-order valence-electron chi connectivity index (χ3n) is 2.86. The standard InChI is InChI=1S/C15H15ClFNO4S/c1-21-15-7-4-12(10-14(15)16)18-23(19,20)9-8-22-13-5-2-11(17)3-6-13/h2-7,10,18H,8-9H2,1H3. The second kappa shape index (κ2) is 7.52. The van der Waals surface area contributed by atoms with Crippen molar-refractivity contribution in [1.82, 2.24) is 0 Å². The van der Waals surface area contributed by atoms with Gasteiger partial charge in [0.1, 0.15) is 29.7 Å². The third kappa shape index (κ3) is 5.30. The molecule has 0 aromatic heterocycles. The van der Waals surface area contributed by atoms with Crippen molar-refractivity contribution in [2.75, 3.05) is 24.2 Å². The van der Waals surface area contributed by atoms with Gasteiger partial charge in [-0.05, 0) is 42.5 Å². The van der Waals surface area contributed by atoms with Gasteiger partial charge in [-0.2, -0.15) is 0 Å². The highest BCUT2D eigenvalue weighted by Gasteiger charge is 2.12. The van der Waals surface area contributed by atoms with Crippen molar-refractivity contribution in [2.45, 2.75) is 0 Å². The summed E-state index contributed by atoms with van der Waals surface area (Å²) in [5.41, 5.74) is 0.331. The minimum absolute atomic E-state index is 0.0646. The lowest BCUT2D eigenvalue weighted by atomic mass is 10.3. The second-order valence-corrected chi connectivity index (χ2v) is 6.82. The molecule has 0 aliphatic rings. The lowest BCUT2D eigenvalue weighted by molar-refractivity contribution is 0.340. The topological polar surface area (TPSA) is 64.6 Å². The van der Waals surface area contributed by atoms with Gasteiger partial charge >= 0.3 is 0 Å². The van der Waals surface area contributed by atoms with Crippen molar-refractivity contribution in [3.8, 4) is 11.5 Å². The number of anilines is 1. The summed E-state index contributed by atoms with van der Waals surface area (Å²) in [6.45, 7) is -0.0646. The largest absolute Gasteiger partial charge is 0.495 e. The molecule has 0 unspecified atom stereocenters. The minimum atomic E-state index is -3.60. The Kier molecular flexibility index (Phi) is 5.68. The molecule has 2 aromatic rings. The predicted octanol–water partition coefficient (Wildman–Crippen LogP) is 3.31. The van der Waals surface area contributed by atoms with Crippen LogP contribution in [0.15, 0.2) is 42.5 Å². The molecule has 0 radical (unpaired) electrons. The van der Waals surface area contributed by atoms with Gasteiger partial charge in [0.2, 0.25) is 10.0 Å². The van der Waals surface area contributed by atoms with Crippen molar-refractivity contribution >= 4 is 27.3 Å². The molecule has 0 atom stereocenters. The Labute approximate surface area is 139 Å². The maximum atomic E-state index is 12.7. The van der Waals surface area contributed by atoms with E-state index < -0.39 is 10.0 Å². The van der Waals surface area contributed by atoms with Gasteiger partial charge in [0.05, 0.1) is 17.8 Å². The number of benzene rings is 2. The van der Waals surface area contributed by atoms with Crippen LogP contribution < -0.4 is 14.2 Å². The van der Waals surface area contributed by atoms with E-state index in [1.54, 1.807) is 12.1 Å². The number of ether oxygens (including phenoxy) is 2. The van der Waals surface area contributed by atoms with Gasteiger partial charge in [0.25, 0.3) is 0 Å². The first kappa shape index (κ1) is 17.4. The molecule has 0 spiro atoms. The van der Waals surface area contributed by atoms with E-state index >= 15 is 0 Å². The van der Waals surface area contributed by atoms with E-state index in [4.69, 9.17) is 21.1 Å². The Morgan fingerprint density at radius 2 is 1.87 bits per heavy atom. The molecule has 0 saturated heterocycles. The molecule has 0 aliphatic heterocycles. The van der Waals surface area contributed by atoms with Gasteiger partial charge < -0.3 is 9.47 Å². The first-order chi connectivity index (χ1) is 10.9. The molecule has 0 heterocycles. The van der Waals surface area contributed by atoms with Crippen LogP contribution in [0.5, 0.6) is 11.5 Å². The zero-order valence-electron chi connectivity index (χ0n) is 12.3. The average molecular weight is 360 g/mol. The molecule has 23 heavy (non-hydrogen) atoms. The highest BCUT2D eigenvalue weighted by molar-refractivity contribution is 7.92. The summed E-state index contributed by atoms with van der Waals surface area (Å²) >= 11 is 5.94. The minimum Gasteiger partial charge on any atom is -0.495 e. The molecule has 0 amide bonds. The van der Waals surface area contributed by atoms with Crippen LogP contribution >= 0.6 is 11.6 Å². The Bertz CT molecular complexity index is 766. The average Bonchev–Trinajstić information content (AvgIpc) is 2.49. The Hall–Kier alpha value is -1.99. The molecule has 2 aromatic carbocycles. The van der Waals surface area contributed by atoms with Crippen LogP contribution in [0, 0.1) is 5.82 Å². The molecule has 0 aliphatic carbocycles. The van der Waals surface area contributed by atoms with Crippen molar-refractivity contribution < 1.29 is 22.3 Å². The fraction of sp³-hybridized carbons (Fsp3) is 0.200. The van der Waals surface area contributed by atoms with Gasteiger partial charge in [0, 0.05) is 0 Å². The van der Waals surface area contributed by atoms with Crippen LogP contribution in [-0.4, -0.2) is 27.9 Å². The lowest BCUT2D eigenvalue weighted by Crippen LogP contribution is -2.21. The van der Waals surface area contributed by atoms with E-state index in [0.717, 1.165) is 0 Å². The molecule has 0 bridgehead atoms. The van der Waals surface area contributed by atoms with Gasteiger partial charge in [0.15, 0.2) is 0 Å². The summed E-state index contributed by atoms with van der Waals surface area (Å²) in [4.78, 5) is 0. The maximum absolute atomic E-state index is 12.7. The molecule has 124 valence electrons. The summed E-state index contributed by atoms with van der Waals surface area (Å²) in [6.07, 6.45) is 0. The molecule has 0 fully saturated rings. The van der Waals surface area contributed by atoms with Crippen molar-refractivity contribution in [3.05, 3.63) is 53.3 Å². The molecular weight excluding hydrogens is 345 g/mol. The van der Waals surface area contributed by atoms with Crippen LogP contribution in [0.3, 0.4) is 0 Å².